The Kier molecular flexibility index (Phi) is 5.53. The van der Waals surface area contributed by atoms with Crippen molar-refractivity contribution in [1.29, 1.82) is 0 Å². The Morgan fingerprint density at radius 3 is 2.65 bits per heavy atom. The zero-order valence-electron chi connectivity index (χ0n) is 14.8. The summed E-state index contributed by atoms with van der Waals surface area (Å²) < 4.78 is 33.5. The van der Waals surface area contributed by atoms with Crippen LogP contribution in [0.25, 0.3) is 0 Å². The lowest BCUT2D eigenvalue weighted by Crippen LogP contribution is -2.35. The summed E-state index contributed by atoms with van der Waals surface area (Å²) in [7, 11) is -3.81. The molecule has 0 N–H and O–H groups in total. The number of hydrogen-bond donors (Lipinski definition) is 0. The van der Waals surface area contributed by atoms with E-state index in [0.29, 0.717) is 42.7 Å². The summed E-state index contributed by atoms with van der Waals surface area (Å²) in [5, 5.41) is 0.396. The highest BCUT2D eigenvalue weighted by Crippen LogP contribution is 2.33. The highest BCUT2D eigenvalue weighted by atomic mass is 35.5. The highest BCUT2D eigenvalue weighted by Gasteiger charge is 2.33. The maximum Gasteiger partial charge on any atom is 0.269 e. The van der Waals surface area contributed by atoms with Crippen LogP contribution < -0.4 is 4.74 Å². The third-order valence-electron chi connectivity index (χ3n) is 4.18. The number of halogens is 1. The Balaban J connectivity index is 1.97. The van der Waals surface area contributed by atoms with Crippen LogP contribution in [0, 0.1) is 6.92 Å². The van der Waals surface area contributed by atoms with Gasteiger partial charge in [-0.25, -0.2) is 8.42 Å². The number of aryl methyl sites for hydroxylation is 1. The lowest BCUT2D eigenvalue weighted by molar-refractivity contribution is 0.330. The molecule has 2 aromatic carbocycles. The van der Waals surface area contributed by atoms with Gasteiger partial charge < -0.3 is 4.74 Å². The van der Waals surface area contributed by atoms with Crippen molar-refractivity contribution in [1.82, 2.24) is 4.31 Å². The Morgan fingerprint density at radius 2 is 1.96 bits per heavy atom. The molecule has 1 aliphatic rings. The normalized spacial score (nSPS) is 14.4. The Labute approximate surface area is 159 Å². The molecule has 2 aromatic rings. The third kappa shape index (κ3) is 3.71. The van der Waals surface area contributed by atoms with Crippen molar-refractivity contribution in [2.24, 2.45) is 4.99 Å². The molecular formula is C19H21ClN2O3S. The van der Waals surface area contributed by atoms with Crippen molar-refractivity contribution in [3.05, 3.63) is 58.6 Å². The average Bonchev–Trinajstić information content (AvgIpc) is 3.08. The van der Waals surface area contributed by atoms with E-state index in [-0.39, 0.29) is 4.90 Å². The smallest absolute Gasteiger partial charge is 0.269 e. The van der Waals surface area contributed by atoms with E-state index in [9.17, 15) is 8.42 Å². The molecule has 0 saturated carbocycles. The van der Waals surface area contributed by atoms with Crippen molar-refractivity contribution in [3.8, 4) is 5.75 Å². The molecule has 26 heavy (non-hydrogen) atoms. The first-order valence-corrected chi connectivity index (χ1v) is 10.3. The van der Waals surface area contributed by atoms with Crippen LogP contribution in [0.15, 0.2) is 52.4 Å². The molecule has 0 amide bonds. The van der Waals surface area contributed by atoms with E-state index < -0.39 is 10.0 Å². The van der Waals surface area contributed by atoms with Crippen molar-refractivity contribution >= 4 is 27.5 Å². The van der Waals surface area contributed by atoms with Crippen LogP contribution >= 0.6 is 11.6 Å². The van der Waals surface area contributed by atoms with Crippen LogP contribution in [-0.2, 0) is 16.4 Å². The summed E-state index contributed by atoms with van der Waals surface area (Å²) >= 11 is 6.20. The molecule has 0 aromatic heterocycles. The molecule has 0 saturated heterocycles. The van der Waals surface area contributed by atoms with E-state index in [2.05, 4.69) is 4.99 Å². The Hall–Kier alpha value is -2.05. The molecule has 3 rings (SSSR count). The summed E-state index contributed by atoms with van der Waals surface area (Å²) in [6, 6.07) is 12.8. The minimum absolute atomic E-state index is 0.0811. The van der Waals surface area contributed by atoms with Gasteiger partial charge in [0.1, 0.15) is 16.5 Å². The van der Waals surface area contributed by atoms with Gasteiger partial charge in [-0.2, -0.15) is 0 Å². The zero-order valence-corrected chi connectivity index (χ0v) is 16.3. The van der Waals surface area contributed by atoms with E-state index in [1.54, 1.807) is 6.07 Å². The fourth-order valence-electron chi connectivity index (χ4n) is 2.88. The molecule has 0 atom stereocenters. The van der Waals surface area contributed by atoms with Gasteiger partial charge in [0, 0.05) is 11.4 Å². The van der Waals surface area contributed by atoms with Crippen molar-refractivity contribution < 1.29 is 13.2 Å². The lowest BCUT2D eigenvalue weighted by Gasteiger charge is -2.22. The second-order valence-corrected chi connectivity index (χ2v) is 8.26. The molecule has 138 valence electrons. The van der Waals surface area contributed by atoms with Crippen LogP contribution in [0.3, 0.4) is 0 Å². The molecule has 0 spiro atoms. The number of nitrogens with zero attached hydrogens (tertiary/aromatic N) is 2. The quantitative estimate of drug-likeness (QED) is 0.753. The third-order valence-corrected chi connectivity index (χ3v) is 6.44. The van der Waals surface area contributed by atoms with E-state index in [1.165, 1.54) is 10.4 Å². The molecule has 0 radical (unpaired) electrons. The first-order chi connectivity index (χ1) is 12.4. The predicted molar refractivity (Wildman–Crippen MR) is 104 cm³/mol. The Bertz CT molecular complexity index is 927. The first kappa shape index (κ1) is 18.7. The standard InChI is InChI=1S/C19H21ClN2O3S/c1-3-25-17-11-14(2)16(20)13-18(17)26(23,24)22-10-9-21-19(22)12-15-7-5-4-6-8-15/h4-8,11,13H,3,9-10,12H2,1-2H3. The van der Waals surface area contributed by atoms with Gasteiger partial charge in [0.05, 0.1) is 19.7 Å². The zero-order chi connectivity index (χ0) is 18.7. The van der Waals surface area contributed by atoms with Gasteiger partial charge in [0.15, 0.2) is 0 Å². The number of rotatable bonds is 6. The van der Waals surface area contributed by atoms with Crippen LogP contribution in [-0.4, -0.2) is 38.3 Å². The first-order valence-electron chi connectivity index (χ1n) is 8.46. The van der Waals surface area contributed by atoms with Gasteiger partial charge >= 0.3 is 0 Å². The maximum atomic E-state index is 13.3. The van der Waals surface area contributed by atoms with Crippen molar-refractivity contribution in [2.45, 2.75) is 25.2 Å². The van der Waals surface area contributed by atoms with Gasteiger partial charge in [-0.3, -0.25) is 9.30 Å². The lowest BCUT2D eigenvalue weighted by atomic mass is 10.1. The fourth-order valence-corrected chi connectivity index (χ4v) is 4.71. The molecule has 0 unspecified atom stereocenters. The van der Waals surface area contributed by atoms with Crippen LogP contribution in [0.1, 0.15) is 18.1 Å². The molecular weight excluding hydrogens is 372 g/mol. The van der Waals surface area contributed by atoms with Gasteiger partial charge in [-0.15, -0.1) is 0 Å². The number of ether oxygens (including phenoxy) is 1. The van der Waals surface area contributed by atoms with Crippen LogP contribution in [0.4, 0.5) is 0 Å². The fraction of sp³-hybridized carbons (Fsp3) is 0.316. The van der Waals surface area contributed by atoms with Gasteiger partial charge in [0.2, 0.25) is 0 Å². The molecule has 1 heterocycles. The summed E-state index contributed by atoms with van der Waals surface area (Å²) in [5.41, 5.74) is 1.79. The molecule has 0 bridgehead atoms. The summed E-state index contributed by atoms with van der Waals surface area (Å²) in [6.07, 6.45) is 0.462. The minimum Gasteiger partial charge on any atom is -0.492 e. The topological polar surface area (TPSA) is 59.0 Å². The predicted octanol–water partition coefficient (Wildman–Crippen LogP) is 3.69. The second kappa shape index (κ2) is 7.68. The summed E-state index contributed by atoms with van der Waals surface area (Å²) in [5.74, 6) is 0.857. The SMILES string of the molecule is CCOc1cc(C)c(Cl)cc1S(=O)(=O)N1CCN=C1Cc1ccccc1. The monoisotopic (exact) mass is 392 g/mol. The van der Waals surface area contributed by atoms with Crippen LogP contribution in [0.5, 0.6) is 5.75 Å². The van der Waals surface area contributed by atoms with E-state index >= 15 is 0 Å². The van der Waals surface area contributed by atoms with Crippen molar-refractivity contribution in [2.75, 3.05) is 19.7 Å². The minimum atomic E-state index is -3.81. The Morgan fingerprint density at radius 1 is 1.23 bits per heavy atom. The number of sulfonamides is 1. The van der Waals surface area contributed by atoms with E-state index in [1.807, 2.05) is 44.2 Å². The summed E-state index contributed by atoms with van der Waals surface area (Å²) in [4.78, 5) is 4.49. The van der Waals surface area contributed by atoms with Gasteiger partial charge in [-0.1, -0.05) is 41.9 Å². The van der Waals surface area contributed by atoms with Crippen molar-refractivity contribution in [3.63, 3.8) is 0 Å². The van der Waals surface area contributed by atoms with E-state index in [4.69, 9.17) is 16.3 Å². The maximum absolute atomic E-state index is 13.3. The number of amidine groups is 1. The van der Waals surface area contributed by atoms with Gasteiger partial charge in [0.25, 0.3) is 10.0 Å². The highest BCUT2D eigenvalue weighted by molar-refractivity contribution is 7.89. The average molecular weight is 393 g/mol. The molecule has 0 fully saturated rings. The largest absolute Gasteiger partial charge is 0.492 e. The number of benzene rings is 2. The summed E-state index contributed by atoms with van der Waals surface area (Å²) in [6.45, 7) is 4.78. The number of aliphatic imine (C=N–C) groups is 1. The molecule has 1 aliphatic heterocycles. The number of hydrogen-bond acceptors (Lipinski definition) is 4. The second-order valence-electron chi connectivity index (χ2n) is 6.02. The molecule has 5 nitrogen and oxygen atoms in total. The molecule has 7 heteroatoms. The molecule has 0 aliphatic carbocycles. The van der Waals surface area contributed by atoms with Gasteiger partial charge in [-0.05, 0) is 37.1 Å². The van der Waals surface area contributed by atoms with E-state index in [0.717, 1.165) is 11.1 Å². The van der Waals surface area contributed by atoms with Crippen LogP contribution in [0.2, 0.25) is 5.02 Å².